The highest BCUT2D eigenvalue weighted by atomic mass is 127. The third kappa shape index (κ3) is 8.09. The van der Waals surface area contributed by atoms with Gasteiger partial charge in [-0.2, -0.15) is 8.78 Å². The molecule has 2 aromatic carbocycles. The first-order valence-electron chi connectivity index (χ1n) is 8.42. The molecular weight excluding hydrogens is 499 g/mol. The zero-order valence-electron chi connectivity index (χ0n) is 15.7. The van der Waals surface area contributed by atoms with Crippen LogP contribution in [-0.2, 0) is 17.3 Å². The smallest absolute Gasteiger partial charge is 0.387 e. The summed E-state index contributed by atoms with van der Waals surface area (Å²) in [6, 6.07) is 14.2. The van der Waals surface area contributed by atoms with Crippen LogP contribution < -0.4 is 15.4 Å². The topological polar surface area (TPSA) is 62.7 Å². The van der Waals surface area contributed by atoms with Crippen molar-refractivity contribution in [2.75, 3.05) is 19.3 Å². The van der Waals surface area contributed by atoms with Gasteiger partial charge >= 0.3 is 6.61 Å². The molecule has 1 unspecified atom stereocenters. The van der Waals surface area contributed by atoms with Gasteiger partial charge in [-0.05, 0) is 25.1 Å². The third-order valence-electron chi connectivity index (χ3n) is 3.69. The fraction of sp³-hybridized carbons (Fsp3) is 0.316. The van der Waals surface area contributed by atoms with E-state index in [1.165, 1.54) is 6.07 Å². The van der Waals surface area contributed by atoms with Crippen LogP contribution in [0.25, 0.3) is 0 Å². The van der Waals surface area contributed by atoms with Gasteiger partial charge < -0.3 is 15.4 Å². The van der Waals surface area contributed by atoms with Crippen molar-refractivity contribution in [1.29, 1.82) is 0 Å². The van der Waals surface area contributed by atoms with E-state index in [2.05, 4.69) is 20.4 Å². The van der Waals surface area contributed by atoms with Gasteiger partial charge in [0.05, 0.1) is 10.8 Å². The van der Waals surface area contributed by atoms with Crippen LogP contribution >= 0.6 is 24.0 Å². The average molecular weight is 523 g/mol. The minimum absolute atomic E-state index is 0. The van der Waals surface area contributed by atoms with Crippen LogP contribution in [0.2, 0.25) is 0 Å². The Morgan fingerprint density at radius 3 is 2.54 bits per heavy atom. The lowest BCUT2D eigenvalue weighted by atomic mass is 10.1. The second-order valence-corrected chi connectivity index (χ2v) is 7.28. The SMILES string of the molecule is CN=C(NCCS(=O)c1ccccc1)NCc1cc(C)ccc1OC(F)F.I. The van der Waals surface area contributed by atoms with Crippen molar-refractivity contribution in [3.05, 3.63) is 59.7 Å². The summed E-state index contributed by atoms with van der Waals surface area (Å²) in [5.74, 6) is 1.04. The quantitative estimate of drug-likeness (QED) is 0.315. The molecule has 0 spiro atoms. The van der Waals surface area contributed by atoms with Crippen molar-refractivity contribution < 1.29 is 17.7 Å². The highest BCUT2D eigenvalue weighted by Crippen LogP contribution is 2.21. The Hall–Kier alpha value is -1.75. The second-order valence-electron chi connectivity index (χ2n) is 5.70. The molecule has 0 aliphatic rings. The molecule has 154 valence electrons. The number of hydrogen-bond acceptors (Lipinski definition) is 3. The molecular formula is C19H24F2IN3O2S. The summed E-state index contributed by atoms with van der Waals surface area (Å²) in [6.45, 7) is -0.279. The van der Waals surface area contributed by atoms with Crippen molar-refractivity contribution in [3.8, 4) is 5.75 Å². The van der Waals surface area contributed by atoms with Gasteiger partial charge in [0, 0.05) is 36.3 Å². The Labute approximate surface area is 183 Å². The van der Waals surface area contributed by atoms with Crippen LogP contribution in [0.3, 0.4) is 0 Å². The minimum Gasteiger partial charge on any atom is -0.434 e. The minimum atomic E-state index is -2.88. The maximum Gasteiger partial charge on any atom is 0.387 e. The van der Waals surface area contributed by atoms with Crippen LogP contribution in [0.5, 0.6) is 5.75 Å². The van der Waals surface area contributed by atoms with E-state index in [0.29, 0.717) is 23.8 Å². The average Bonchev–Trinajstić information content (AvgIpc) is 2.66. The van der Waals surface area contributed by atoms with Crippen molar-refractivity contribution in [2.45, 2.75) is 25.0 Å². The molecule has 0 saturated heterocycles. The molecule has 0 amide bonds. The lowest BCUT2D eigenvalue weighted by molar-refractivity contribution is -0.0504. The summed E-state index contributed by atoms with van der Waals surface area (Å²) < 4.78 is 41.8. The number of halogens is 3. The van der Waals surface area contributed by atoms with Crippen molar-refractivity contribution in [3.63, 3.8) is 0 Å². The molecule has 1 atom stereocenters. The van der Waals surface area contributed by atoms with E-state index in [9.17, 15) is 13.0 Å². The molecule has 0 saturated carbocycles. The van der Waals surface area contributed by atoms with Crippen LogP contribution in [0, 0.1) is 6.92 Å². The fourth-order valence-electron chi connectivity index (χ4n) is 2.41. The fourth-order valence-corrected chi connectivity index (χ4v) is 3.39. The lowest BCUT2D eigenvalue weighted by Crippen LogP contribution is -2.38. The molecule has 0 fully saturated rings. The number of aryl methyl sites for hydroxylation is 1. The number of benzene rings is 2. The van der Waals surface area contributed by atoms with E-state index in [0.717, 1.165) is 10.5 Å². The number of nitrogens with zero attached hydrogens (tertiary/aromatic N) is 1. The Morgan fingerprint density at radius 2 is 1.89 bits per heavy atom. The number of ether oxygens (including phenoxy) is 1. The molecule has 28 heavy (non-hydrogen) atoms. The van der Waals surface area contributed by atoms with Crippen molar-refractivity contribution in [2.24, 2.45) is 4.99 Å². The Bertz CT molecular complexity index is 792. The number of nitrogens with one attached hydrogen (secondary N) is 2. The Morgan fingerprint density at radius 1 is 1.18 bits per heavy atom. The lowest BCUT2D eigenvalue weighted by Gasteiger charge is -2.15. The first kappa shape index (κ1) is 24.3. The Kier molecular flexibility index (Phi) is 11.0. The highest BCUT2D eigenvalue weighted by molar-refractivity contribution is 14.0. The predicted molar refractivity (Wildman–Crippen MR) is 119 cm³/mol. The molecule has 0 heterocycles. The molecule has 0 aromatic heterocycles. The van der Waals surface area contributed by atoms with Gasteiger partial charge in [-0.25, -0.2) is 0 Å². The van der Waals surface area contributed by atoms with Gasteiger partial charge in [0.2, 0.25) is 0 Å². The van der Waals surface area contributed by atoms with Crippen LogP contribution in [0.4, 0.5) is 8.78 Å². The maximum atomic E-state index is 12.5. The van der Waals surface area contributed by atoms with E-state index in [4.69, 9.17) is 0 Å². The number of guanidine groups is 1. The number of alkyl halides is 2. The Balaban J connectivity index is 0.00000392. The molecule has 0 bridgehead atoms. The standard InChI is InChI=1S/C19H23F2N3O2S.HI/c1-14-8-9-17(26-18(20)21)15(12-14)13-24-19(22-2)23-10-11-27(25)16-6-4-3-5-7-16;/h3-9,12,18H,10-11,13H2,1-2H3,(H2,22,23,24);1H. The third-order valence-corrected chi connectivity index (χ3v) is 5.06. The number of aliphatic imine (C=N–C) groups is 1. The summed E-state index contributed by atoms with van der Waals surface area (Å²) in [5, 5.41) is 6.13. The summed E-state index contributed by atoms with van der Waals surface area (Å²) in [4.78, 5) is 4.87. The summed E-state index contributed by atoms with van der Waals surface area (Å²) in [5.41, 5.74) is 1.54. The summed E-state index contributed by atoms with van der Waals surface area (Å²) >= 11 is 0. The number of hydrogen-bond donors (Lipinski definition) is 2. The first-order valence-corrected chi connectivity index (χ1v) is 9.73. The van der Waals surface area contributed by atoms with Crippen LogP contribution in [0.1, 0.15) is 11.1 Å². The van der Waals surface area contributed by atoms with Gasteiger partial charge in [0.15, 0.2) is 5.96 Å². The molecule has 9 heteroatoms. The van der Waals surface area contributed by atoms with Gasteiger partial charge in [-0.3, -0.25) is 9.20 Å². The monoisotopic (exact) mass is 523 g/mol. The van der Waals surface area contributed by atoms with Crippen LogP contribution in [-0.4, -0.2) is 36.1 Å². The largest absolute Gasteiger partial charge is 0.434 e. The normalized spacial score (nSPS) is 12.2. The van der Waals surface area contributed by atoms with Gasteiger partial charge in [-0.15, -0.1) is 24.0 Å². The van der Waals surface area contributed by atoms with E-state index in [-0.39, 0.29) is 36.3 Å². The van der Waals surface area contributed by atoms with Crippen molar-refractivity contribution >= 4 is 40.7 Å². The highest BCUT2D eigenvalue weighted by Gasteiger charge is 2.11. The molecule has 0 radical (unpaired) electrons. The molecule has 5 nitrogen and oxygen atoms in total. The van der Waals surface area contributed by atoms with Gasteiger partial charge in [-0.1, -0.05) is 35.9 Å². The van der Waals surface area contributed by atoms with Crippen molar-refractivity contribution in [1.82, 2.24) is 10.6 Å². The van der Waals surface area contributed by atoms with E-state index < -0.39 is 17.4 Å². The summed E-state index contributed by atoms with van der Waals surface area (Å²) in [6.07, 6.45) is 0. The molecule has 0 aliphatic heterocycles. The zero-order chi connectivity index (χ0) is 19.6. The first-order chi connectivity index (χ1) is 13.0. The predicted octanol–water partition coefficient (Wildman–Crippen LogP) is 3.69. The van der Waals surface area contributed by atoms with Crippen LogP contribution in [0.15, 0.2) is 58.4 Å². The van der Waals surface area contributed by atoms with E-state index in [1.54, 1.807) is 19.2 Å². The molecule has 0 aliphatic carbocycles. The molecule has 2 rings (SSSR count). The van der Waals surface area contributed by atoms with Gasteiger partial charge in [0.25, 0.3) is 0 Å². The molecule has 2 N–H and O–H groups in total. The molecule has 2 aromatic rings. The zero-order valence-corrected chi connectivity index (χ0v) is 18.8. The van der Waals surface area contributed by atoms with Gasteiger partial charge in [0.1, 0.15) is 5.75 Å². The van der Waals surface area contributed by atoms with E-state index in [1.807, 2.05) is 37.3 Å². The number of rotatable bonds is 8. The van der Waals surface area contributed by atoms with E-state index >= 15 is 0 Å². The second kappa shape index (κ2) is 12.7. The maximum absolute atomic E-state index is 12.5. The summed E-state index contributed by atoms with van der Waals surface area (Å²) in [7, 11) is 0.504.